The van der Waals surface area contributed by atoms with Gasteiger partial charge in [0, 0.05) is 0 Å². The number of hydrogen-bond acceptors (Lipinski definition) is 3. The Kier molecular flexibility index (Phi) is 3.32. The second kappa shape index (κ2) is 4.35. The van der Waals surface area contributed by atoms with E-state index >= 15 is 0 Å². The Balaban J connectivity index is 3.29. The Morgan fingerprint density at radius 1 is 1.31 bits per heavy atom. The molecule has 0 aromatic heterocycles. The summed E-state index contributed by atoms with van der Waals surface area (Å²) < 4.78 is 4.69. The third-order valence-corrected chi connectivity index (χ3v) is 2.20. The van der Waals surface area contributed by atoms with Gasteiger partial charge in [-0.25, -0.2) is 4.79 Å². The third-order valence-electron chi connectivity index (χ3n) is 2.20. The molecule has 4 heteroatoms. The SMILES string of the molecule is CC(C)(C)c1cc(OC=O)cc(C(=O)O)c1. The number of rotatable bonds is 3. The highest BCUT2D eigenvalue weighted by atomic mass is 16.5. The van der Waals surface area contributed by atoms with E-state index in [4.69, 9.17) is 5.11 Å². The number of carbonyl (C=O) groups is 2. The summed E-state index contributed by atoms with van der Waals surface area (Å²) in [4.78, 5) is 21.1. The van der Waals surface area contributed by atoms with Crippen LogP contribution in [0.5, 0.6) is 5.75 Å². The van der Waals surface area contributed by atoms with Gasteiger partial charge < -0.3 is 9.84 Å². The fraction of sp³-hybridized carbons (Fsp3) is 0.333. The van der Waals surface area contributed by atoms with E-state index in [0.29, 0.717) is 0 Å². The highest BCUT2D eigenvalue weighted by Crippen LogP contribution is 2.27. The van der Waals surface area contributed by atoms with E-state index in [1.807, 2.05) is 20.8 Å². The summed E-state index contributed by atoms with van der Waals surface area (Å²) in [6.45, 7) is 6.16. The molecule has 0 spiro atoms. The van der Waals surface area contributed by atoms with Gasteiger partial charge in [0.2, 0.25) is 0 Å². The van der Waals surface area contributed by atoms with Gasteiger partial charge in [0.1, 0.15) is 5.75 Å². The van der Waals surface area contributed by atoms with E-state index in [-0.39, 0.29) is 23.2 Å². The average Bonchev–Trinajstić information content (AvgIpc) is 2.16. The Morgan fingerprint density at radius 3 is 2.38 bits per heavy atom. The lowest BCUT2D eigenvalue weighted by molar-refractivity contribution is -0.120. The molecular formula is C12H14O4. The van der Waals surface area contributed by atoms with Crippen molar-refractivity contribution < 1.29 is 19.4 Å². The monoisotopic (exact) mass is 222 g/mol. The van der Waals surface area contributed by atoms with Crippen molar-refractivity contribution in [2.45, 2.75) is 26.2 Å². The molecule has 0 aliphatic heterocycles. The van der Waals surface area contributed by atoms with Crippen LogP contribution in [-0.4, -0.2) is 17.5 Å². The van der Waals surface area contributed by atoms with E-state index in [2.05, 4.69) is 4.74 Å². The highest BCUT2D eigenvalue weighted by molar-refractivity contribution is 5.88. The molecule has 0 aliphatic carbocycles. The molecule has 0 saturated carbocycles. The summed E-state index contributed by atoms with van der Waals surface area (Å²) in [5, 5.41) is 8.92. The maximum Gasteiger partial charge on any atom is 0.335 e. The molecule has 1 rings (SSSR count). The van der Waals surface area contributed by atoms with Crippen molar-refractivity contribution in [3.8, 4) is 5.75 Å². The lowest BCUT2D eigenvalue weighted by Crippen LogP contribution is -2.13. The Labute approximate surface area is 93.9 Å². The summed E-state index contributed by atoms with van der Waals surface area (Å²) in [6, 6.07) is 4.58. The van der Waals surface area contributed by atoms with Crippen LogP contribution in [0.3, 0.4) is 0 Å². The predicted molar refractivity (Wildman–Crippen MR) is 58.8 cm³/mol. The van der Waals surface area contributed by atoms with Gasteiger partial charge in [-0.3, -0.25) is 4.79 Å². The molecule has 0 atom stereocenters. The Hall–Kier alpha value is -1.84. The minimum Gasteiger partial charge on any atom is -0.478 e. The fourth-order valence-electron chi connectivity index (χ4n) is 1.28. The van der Waals surface area contributed by atoms with Gasteiger partial charge in [0.05, 0.1) is 5.56 Å². The van der Waals surface area contributed by atoms with Crippen LogP contribution >= 0.6 is 0 Å². The van der Waals surface area contributed by atoms with Crippen LogP contribution in [0, 0.1) is 0 Å². The number of hydrogen-bond donors (Lipinski definition) is 1. The van der Waals surface area contributed by atoms with Gasteiger partial charge in [-0.2, -0.15) is 0 Å². The van der Waals surface area contributed by atoms with Crippen molar-refractivity contribution in [1.82, 2.24) is 0 Å². The first-order valence-corrected chi connectivity index (χ1v) is 4.84. The Morgan fingerprint density at radius 2 is 1.94 bits per heavy atom. The molecule has 0 heterocycles. The van der Waals surface area contributed by atoms with E-state index in [1.165, 1.54) is 6.07 Å². The van der Waals surface area contributed by atoms with E-state index in [0.717, 1.165) is 5.56 Å². The predicted octanol–water partition coefficient (Wildman–Crippen LogP) is 2.22. The molecule has 0 amide bonds. The summed E-state index contributed by atoms with van der Waals surface area (Å²) in [6.07, 6.45) is 0. The Bertz CT molecular complexity index is 416. The number of carboxylic acid groups (broad SMARTS) is 1. The quantitative estimate of drug-likeness (QED) is 0.796. The van der Waals surface area contributed by atoms with E-state index < -0.39 is 5.97 Å². The van der Waals surface area contributed by atoms with Gasteiger partial charge in [-0.1, -0.05) is 20.8 Å². The van der Waals surface area contributed by atoms with E-state index in [1.54, 1.807) is 12.1 Å². The van der Waals surface area contributed by atoms with Crippen LogP contribution < -0.4 is 4.74 Å². The van der Waals surface area contributed by atoms with Crippen molar-refractivity contribution in [3.63, 3.8) is 0 Å². The van der Waals surface area contributed by atoms with Crippen LogP contribution in [0.15, 0.2) is 18.2 Å². The first kappa shape index (κ1) is 12.2. The van der Waals surface area contributed by atoms with Crippen molar-refractivity contribution in [2.75, 3.05) is 0 Å². The number of ether oxygens (including phenoxy) is 1. The average molecular weight is 222 g/mol. The van der Waals surface area contributed by atoms with Gasteiger partial charge in [-0.05, 0) is 29.2 Å². The summed E-state index contributed by atoms with van der Waals surface area (Å²) in [5.41, 5.74) is 0.723. The van der Waals surface area contributed by atoms with Crippen LogP contribution in [0.4, 0.5) is 0 Å². The molecule has 0 unspecified atom stereocenters. The number of aromatic carboxylic acids is 1. The third kappa shape index (κ3) is 2.82. The molecule has 1 aromatic carbocycles. The topological polar surface area (TPSA) is 63.6 Å². The second-order valence-electron chi connectivity index (χ2n) is 4.52. The normalized spacial score (nSPS) is 10.9. The molecular weight excluding hydrogens is 208 g/mol. The number of carbonyl (C=O) groups excluding carboxylic acids is 1. The van der Waals surface area contributed by atoms with Crippen molar-refractivity contribution in [1.29, 1.82) is 0 Å². The van der Waals surface area contributed by atoms with Gasteiger partial charge in [0.15, 0.2) is 0 Å². The highest BCUT2D eigenvalue weighted by Gasteiger charge is 2.17. The van der Waals surface area contributed by atoms with Gasteiger partial charge in [-0.15, -0.1) is 0 Å². The maximum absolute atomic E-state index is 10.9. The van der Waals surface area contributed by atoms with Gasteiger partial charge >= 0.3 is 5.97 Å². The molecule has 0 radical (unpaired) electrons. The van der Waals surface area contributed by atoms with Crippen LogP contribution in [-0.2, 0) is 10.2 Å². The van der Waals surface area contributed by atoms with Gasteiger partial charge in [0.25, 0.3) is 6.47 Å². The lowest BCUT2D eigenvalue weighted by Gasteiger charge is -2.20. The molecule has 86 valence electrons. The van der Waals surface area contributed by atoms with Crippen LogP contribution in [0.2, 0.25) is 0 Å². The van der Waals surface area contributed by atoms with Crippen LogP contribution in [0.25, 0.3) is 0 Å². The zero-order chi connectivity index (χ0) is 12.3. The maximum atomic E-state index is 10.9. The molecule has 0 fully saturated rings. The zero-order valence-corrected chi connectivity index (χ0v) is 9.48. The molecule has 0 saturated heterocycles. The zero-order valence-electron chi connectivity index (χ0n) is 9.48. The molecule has 4 nitrogen and oxygen atoms in total. The smallest absolute Gasteiger partial charge is 0.335 e. The summed E-state index contributed by atoms with van der Waals surface area (Å²) in [7, 11) is 0. The summed E-state index contributed by atoms with van der Waals surface area (Å²) >= 11 is 0. The lowest BCUT2D eigenvalue weighted by atomic mass is 9.86. The van der Waals surface area contributed by atoms with Crippen LogP contribution in [0.1, 0.15) is 36.7 Å². The molecule has 1 aromatic rings. The second-order valence-corrected chi connectivity index (χ2v) is 4.52. The fourth-order valence-corrected chi connectivity index (χ4v) is 1.28. The minimum atomic E-state index is -1.04. The number of carboxylic acids is 1. The molecule has 1 N–H and O–H groups in total. The van der Waals surface area contributed by atoms with Crippen molar-refractivity contribution in [2.24, 2.45) is 0 Å². The standard InChI is InChI=1S/C12H14O4/c1-12(2,3)9-4-8(11(14)15)5-10(6-9)16-7-13/h4-7H,1-3H3,(H,14,15). The van der Waals surface area contributed by atoms with Crippen molar-refractivity contribution >= 4 is 12.4 Å². The largest absolute Gasteiger partial charge is 0.478 e. The number of benzene rings is 1. The first-order valence-electron chi connectivity index (χ1n) is 4.84. The molecule has 0 bridgehead atoms. The molecule has 0 aliphatic rings. The van der Waals surface area contributed by atoms with E-state index in [9.17, 15) is 9.59 Å². The minimum absolute atomic E-state index is 0.115. The summed E-state index contributed by atoms with van der Waals surface area (Å²) in [5.74, 6) is -0.790. The molecule has 16 heavy (non-hydrogen) atoms. The first-order chi connectivity index (χ1) is 7.34. The van der Waals surface area contributed by atoms with Crippen molar-refractivity contribution in [3.05, 3.63) is 29.3 Å².